The molecule has 0 aromatic carbocycles. The quantitative estimate of drug-likeness (QED) is 0.336. The summed E-state index contributed by atoms with van der Waals surface area (Å²) in [5, 5.41) is 14.7. The van der Waals surface area contributed by atoms with Gasteiger partial charge in [0.2, 0.25) is 0 Å². The summed E-state index contributed by atoms with van der Waals surface area (Å²) in [6, 6.07) is 0. The molecule has 0 fully saturated rings. The van der Waals surface area contributed by atoms with Crippen molar-refractivity contribution in [3.63, 3.8) is 0 Å². The van der Waals surface area contributed by atoms with Crippen LogP contribution in [0.2, 0.25) is 0 Å². The summed E-state index contributed by atoms with van der Waals surface area (Å²) in [5.74, 6) is 0. The molecule has 0 amide bonds. The maximum absolute atomic E-state index is 4.89. The topological polar surface area (TPSA) is 72.8 Å². The van der Waals surface area contributed by atoms with Gasteiger partial charge in [-0.05, 0) is 38.3 Å². The standard InChI is InChI=1S/C9H18N6S2/c1-6(12-14-8(16)10-3)5-7(2)13-15-9(17)11-4/h5H2,1-4H3,(H2,10,14,16)(H2,11,15,17). The molecule has 0 aliphatic heterocycles. The van der Waals surface area contributed by atoms with E-state index in [0.717, 1.165) is 11.4 Å². The van der Waals surface area contributed by atoms with Crippen molar-refractivity contribution in [1.82, 2.24) is 21.5 Å². The third kappa shape index (κ3) is 8.52. The smallest absolute Gasteiger partial charge is 0.186 e. The van der Waals surface area contributed by atoms with Gasteiger partial charge in [-0.3, -0.25) is 10.9 Å². The Bertz CT molecular complexity index is 304. The molecule has 6 nitrogen and oxygen atoms in total. The second-order valence-electron chi connectivity index (χ2n) is 3.25. The number of rotatable bonds is 4. The van der Waals surface area contributed by atoms with Gasteiger partial charge in [0.25, 0.3) is 0 Å². The van der Waals surface area contributed by atoms with Crippen LogP contribution in [0.4, 0.5) is 0 Å². The van der Waals surface area contributed by atoms with Gasteiger partial charge in [0.15, 0.2) is 10.2 Å². The first kappa shape index (κ1) is 15.7. The van der Waals surface area contributed by atoms with E-state index in [1.165, 1.54) is 0 Å². The molecule has 0 spiro atoms. The van der Waals surface area contributed by atoms with Gasteiger partial charge < -0.3 is 10.6 Å². The van der Waals surface area contributed by atoms with Gasteiger partial charge in [-0.15, -0.1) is 0 Å². The molecule has 0 atom stereocenters. The van der Waals surface area contributed by atoms with E-state index in [9.17, 15) is 0 Å². The summed E-state index contributed by atoms with van der Waals surface area (Å²) >= 11 is 9.78. The highest BCUT2D eigenvalue weighted by Gasteiger charge is 1.97. The van der Waals surface area contributed by atoms with Gasteiger partial charge in [-0.2, -0.15) is 10.2 Å². The van der Waals surface area contributed by atoms with Crippen LogP contribution in [0.25, 0.3) is 0 Å². The second-order valence-corrected chi connectivity index (χ2v) is 4.07. The average molecular weight is 274 g/mol. The predicted molar refractivity (Wildman–Crippen MR) is 80.4 cm³/mol. The summed E-state index contributed by atoms with van der Waals surface area (Å²) in [6.07, 6.45) is 0.638. The van der Waals surface area contributed by atoms with Crippen molar-refractivity contribution < 1.29 is 0 Å². The SMILES string of the molecule is CNC(=S)NN=C(C)CC(C)=NNC(=S)NC. The van der Waals surface area contributed by atoms with E-state index < -0.39 is 0 Å². The van der Waals surface area contributed by atoms with Crippen LogP contribution >= 0.6 is 24.4 Å². The van der Waals surface area contributed by atoms with Gasteiger partial charge in [0, 0.05) is 31.9 Å². The molecule has 0 saturated heterocycles. The molecule has 0 radical (unpaired) electrons. The van der Waals surface area contributed by atoms with Crippen LogP contribution < -0.4 is 21.5 Å². The van der Waals surface area contributed by atoms with Crippen LogP contribution in [0.3, 0.4) is 0 Å². The number of hydrogen-bond donors (Lipinski definition) is 4. The Morgan fingerprint density at radius 3 is 1.53 bits per heavy atom. The molecule has 0 aliphatic carbocycles. The minimum atomic E-state index is 0.480. The Hall–Kier alpha value is -1.28. The lowest BCUT2D eigenvalue weighted by atomic mass is 10.2. The molecule has 96 valence electrons. The van der Waals surface area contributed by atoms with Gasteiger partial charge in [0.1, 0.15) is 0 Å². The van der Waals surface area contributed by atoms with E-state index in [2.05, 4.69) is 31.7 Å². The number of hydrogen-bond acceptors (Lipinski definition) is 4. The first-order valence-electron chi connectivity index (χ1n) is 5.01. The third-order valence-corrected chi connectivity index (χ3v) is 2.25. The lowest BCUT2D eigenvalue weighted by Crippen LogP contribution is -2.30. The largest absolute Gasteiger partial charge is 0.364 e. The Kier molecular flexibility index (Phi) is 8.16. The summed E-state index contributed by atoms with van der Waals surface area (Å²) in [5.41, 5.74) is 7.17. The van der Waals surface area contributed by atoms with Crippen LogP contribution in [0.1, 0.15) is 20.3 Å². The highest BCUT2D eigenvalue weighted by Crippen LogP contribution is 1.89. The maximum Gasteiger partial charge on any atom is 0.186 e. The lowest BCUT2D eigenvalue weighted by Gasteiger charge is -2.05. The summed E-state index contributed by atoms with van der Waals surface area (Å²) in [6.45, 7) is 3.78. The van der Waals surface area contributed by atoms with Crippen molar-refractivity contribution in [2.45, 2.75) is 20.3 Å². The van der Waals surface area contributed by atoms with E-state index in [0.29, 0.717) is 16.6 Å². The fourth-order valence-corrected chi connectivity index (χ4v) is 0.945. The van der Waals surface area contributed by atoms with E-state index in [-0.39, 0.29) is 0 Å². The molecule has 0 unspecified atom stereocenters. The van der Waals surface area contributed by atoms with Crippen molar-refractivity contribution >= 4 is 46.1 Å². The Labute approximate surface area is 112 Å². The average Bonchev–Trinajstić information content (AvgIpc) is 2.32. The Morgan fingerprint density at radius 2 is 1.24 bits per heavy atom. The number of hydrazone groups is 2. The van der Waals surface area contributed by atoms with Crippen molar-refractivity contribution in [3.8, 4) is 0 Å². The predicted octanol–water partition coefficient (Wildman–Crippen LogP) is 0.316. The molecule has 8 heteroatoms. The van der Waals surface area contributed by atoms with Crippen LogP contribution in [0.15, 0.2) is 10.2 Å². The van der Waals surface area contributed by atoms with Crippen molar-refractivity contribution in [2.75, 3.05) is 14.1 Å². The van der Waals surface area contributed by atoms with Crippen LogP contribution in [-0.2, 0) is 0 Å². The molecule has 0 heterocycles. The minimum Gasteiger partial charge on any atom is -0.364 e. The summed E-state index contributed by atoms with van der Waals surface area (Å²) in [4.78, 5) is 0. The highest BCUT2D eigenvalue weighted by molar-refractivity contribution is 7.80. The fourth-order valence-electron chi connectivity index (χ4n) is 0.854. The number of thiocarbonyl (C=S) groups is 2. The molecule has 0 saturated carbocycles. The monoisotopic (exact) mass is 274 g/mol. The lowest BCUT2D eigenvalue weighted by molar-refractivity contribution is 0.957. The van der Waals surface area contributed by atoms with Crippen molar-refractivity contribution in [1.29, 1.82) is 0 Å². The molecule has 17 heavy (non-hydrogen) atoms. The van der Waals surface area contributed by atoms with E-state index in [4.69, 9.17) is 24.4 Å². The highest BCUT2D eigenvalue weighted by atomic mass is 32.1. The second kappa shape index (κ2) is 8.82. The molecular weight excluding hydrogens is 256 g/mol. The molecule has 0 bridgehead atoms. The Morgan fingerprint density at radius 1 is 0.882 bits per heavy atom. The molecule has 0 aromatic rings. The zero-order valence-electron chi connectivity index (χ0n) is 10.4. The molecule has 0 aromatic heterocycles. The van der Waals surface area contributed by atoms with Crippen molar-refractivity contribution in [3.05, 3.63) is 0 Å². The number of nitrogens with zero attached hydrogens (tertiary/aromatic N) is 2. The molecule has 0 rings (SSSR count). The Balaban J connectivity index is 4.14. The zero-order chi connectivity index (χ0) is 13.3. The van der Waals surface area contributed by atoms with E-state index in [1.54, 1.807) is 14.1 Å². The van der Waals surface area contributed by atoms with Gasteiger partial charge >= 0.3 is 0 Å². The first-order valence-corrected chi connectivity index (χ1v) is 5.83. The van der Waals surface area contributed by atoms with Crippen LogP contribution in [-0.4, -0.2) is 35.7 Å². The molecule has 4 N–H and O–H groups in total. The van der Waals surface area contributed by atoms with E-state index >= 15 is 0 Å². The van der Waals surface area contributed by atoms with Gasteiger partial charge in [-0.25, -0.2) is 0 Å². The van der Waals surface area contributed by atoms with Crippen LogP contribution in [0, 0.1) is 0 Å². The van der Waals surface area contributed by atoms with E-state index in [1.807, 2.05) is 13.8 Å². The molecule has 0 aliphatic rings. The van der Waals surface area contributed by atoms with Crippen molar-refractivity contribution in [2.24, 2.45) is 10.2 Å². The molecular formula is C9H18N6S2. The maximum atomic E-state index is 4.89. The summed E-state index contributed by atoms with van der Waals surface area (Å²) in [7, 11) is 3.46. The zero-order valence-corrected chi connectivity index (χ0v) is 12.1. The normalized spacial score (nSPS) is 11.8. The third-order valence-electron chi connectivity index (χ3n) is 1.66. The number of nitrogens with one attached hydrogen (secondary N) is 4. The van der Waals surface area contributed by atoms with Gasteiger partial charge in [-0.1, -0.05) is 0 Å². The van der Waals surface area contributed by atoms with Gasteiger partial charge in [0.05, 0.1) is 0 Å². The first-order chi connectivity index (χ1) is 7.99. The minimum absolute atomic E-state index is 0.480. The fraction of sp³-hybridized carbons (Fsp3) is 0.556. The van der Waals surface area contributed by atoms with Crippen LogP contribution in [0.5, 0.6) is 0 Å². The summed E-state index contributed by atoms with van der Waals surface area (Å²) < 4.78 is 0.